The molecule has 6 nitrogen and oxygen atoms in total. The van der Waals surface area contributed by atoms with Gasteiger partial charge in [0.1, 0.15) is 0 Å². The number of ether oxygens (including phenoxy) is 2. The SMILES string of the molecule is CCOc1cc(/C=N\NCc2ccccc2Cl)cc(Cl)c1OCC(=O)O. The number of carboxylic acids is 1. The van der Waals surface area contributed by atoms with Crippen LogP contribution < -0.4 is 14.9 Å². The zero-order valence-electron chi connectivity index (χ0n) is 14.0. The van der Waals surface area contributed by atoms with Crippen LogP contribution in [0.15, 0.2) is 41.5 Å². The van der Waals surface area contributed by atoms with E-state index < -0.39 is 12.6 Å². The van der Waals surface area contributed by atoms with Crippen LogP contribution >= 0.6 is 23.2 Å². The van der Waals surface area contributed by atoms with Gasteiger partial charge in [-0.1, -0.05) is 41.4 Å². The van der Waals surface area contributed by atoms with Crippen molar-refractivity contribution < 1.29 is 19.4 Å². The first-order chi connectivity index (χ1) is 12.5. The third kappa shape index (κ3) is 5.82. The van der Waals surface area contributed by atoms with E-state index >= 15 is 0 Å². The number of nitrogens with one attached hydrogen (secondary N) is 1. The second kappa shape index (κ2) is 9.89. The molecular formula is C18H18Cl2N2O4. The number of hydrogen-bond acceptors (Lipinski definition) is 5. The molecule has 2 aromatic rings. The molecule has 8 heteroatoms. The number of carboxylic acid groups (broad SMARTS) is 1. The van der Waals surface area contributed by atoms with Gasteiger partial charge in [-0.2, -0.15) is 5.10 Å². The Morgan fingerprint density at radius 1 is 1.23 bits per heavy atom. The van der Waals surface area contributed by atoms with E-state index in [2.05, 4.69) is 10.5 Å². The van der Waals surface area contributed by atoms with Gasteiger partial charge in [-0.05, 0) is 36.2 Å². The predicted molar refractivity (Wildman–Crippen MR) is 102 cm³/mol. The largest absolute Gasteiger partial charge is 0.490 e. The molecule has 138 valence electrons. The van der Waals surface area contributed by atoms with Crippen LogP contribution in [-0.4, -0.2) is 30.5 Å². The van der Waals surface area contributed by atoms with Crippen molar-refractivity contribution in [1.82, 2.24) is 5.43 Å². The van der Waals surface area contributed by atoms with E-state index in [4.69, 9.17) is 37.8 Å². The van der Waals surface area contributed by atoms with Crippen LogP contribution in [0.5, 0.6) is 11.5 Å². The smallest absolute Gasteiger partial charge is 0.341 e. The Kier molecular flexibility index (Phi) is 7.56. The molecule has 0 aromatic heterocycles. The van der Waals surface area contributed by atoms with Crippen molar-refractivity contribution >= 4 is 35.4 Å². The summed E-state index contributed by atoms with van der Waals surface area (Å²) < 4.78 is 10.7. The van der Waals surface area contributed by atoms with Gasteiger partial charge in [0, 0.05) is 5.02 Å². The van der Waals surface area contributed by atoms with Crippen LogP contribution in [0.25, 0.3) is 0 Å². The lowest BCUT2D eigenvalue weighted by Crippen LogP contribution is -2.11. The molecule has 2 N–H and O–H groups in total. The standard InChI is InChI=1S/C18H18Cl2N2O4/c1-2-25-16-8-12(7-15(20)18(16)26-11-17(23)24)9-21-22-10-13-5-3-4-6-14(13)19/h3-9,22H,2,10-11H2,1H3,(H,23,24)/b21-9-. The zero-order valence-corrected chi connectivity index (χ0v) is 15.5. The van der Waals surface area contributed by atoms with E-state index in [1.807, 2.05) is 24.3 Å². The molecule has 0 aliphatic carbocycles. The molecule has 0 fully saturated rings. The number of nitrogens with zero attached hydrogens (tertiary/aromatic N) is 1. The van der Waals surface area contributed by atoms with E-state index in [0.717, 1.165) is 5.56 Å². The van der Waals surface area contributed by atoms with Gasteiger partial charge in [0.05, 0.1) is 24.4 Å². The van der Waals surface area contributed by atoms with Crippen molar-refractivity contribution in [2.45, 2.75) is 13.5 Å². The van der Waals surface area contributed by atoms with Crippen molar-refractivity contribution in [3.05, 3.63) is 57.6 Å². The molecule has 0 atom stereocenters. The minimum Gasteiger partial charge on any atom is -0.490 e. The van der Waals surface area contributed by atoms with Gasteiger partial charge in [0.15, 0.2) is 18.1 Å². The Balaban J connectivity index is 2.08. The zero-order chi connectivity index (χ0) is 18.9. The summed E-state index contributed by atoms with van der Waals surface area (Å²) in [4.78, 5) is 10.7. The number of hydrazone groups is 1. The minimum atomic E-state index is -1.10. The molecule has 2 rings (SSSR count). The van der Waals surface area contributed by atoms with Crippen molar-refractivity contribution in [2.24, 2.45) is 5.10 Å². The van der Waals surface area contributed by atoms with Crippen LogP contribution in [0, 0.1) is 0 Å². The number of rotatable bonds is 9. The average molecular weight is 397 g/mol. The lowest BCUT2D eigenvalue weighted by molar-refractivity contribution is -0.139. The number of carbonyl (C=O) groups is 1. The van der Waals surface area contributed by atoms with E-state index in [0.29, 0.717) is 29.5 Å². The number of benzene rings is 2. The molecule has 0 unspecified atom stereocenters. The van der Waals surface area contributed by atoms with Gasteiger partial charge in [-0.15, -0.1) is 0 Å². The fraction of sp³-hybridized carbons (Fsp3) is 0.222. The Morgan fingerprint density at radius 2 is 2.00 bits per heavy atom. The molecule has 0 amide bonds. The Bertz CT molecular complexity index is 797. The highest BCUT2D eigenvalue weighted by Crippen LogP contribution is 2.36. The highest BCUT2D eigenvalue weighted by Gasteiger charge is 2.13. The molecular weight excluding hydrogens is 379 g/mol. The number of halogens is 2. The molecule has 0 aliphatic heterocycles. The van der Waals surface area contributed by atoms with Gasteiger partial charge in [0.25, 0.3) is 0 Å². The van der Waals surface area contributed by atoms with Crippen molar-refractivity contribution in [2.75, 3.05) is 13.2 Å². The van der Waals surface area contributed by atoms with Crippen molar-refractivity contribution in [1.29, 1.82) is 0 Å². The lowest BCUT2D eigenvalue weighted by atomic mass is 10.2. The van der Waals surface area contributed by atoms with Gasteiger partial charge in [0.2, 0.25) is 0 Å². The van der Waals surface area contributed by atoms with Crippen LogP contribution in [-0.2, 0) is 11.3 Å². The van der Waals surface area contributed by atoms with E-state index in [-0.39, 0.29) is 10.8 Å². The van der Waals surface area contributed by atoms with Gasteiger partial charge >= 0.3 is 5.97 Å². The molecule has 26 heavy (non-hydrogen) atoms. The van der Waals surface area contributed by atoms with E-state index in [1.54, 1.807) is 25.3 Å². The summed E-state index contributed by atoms with van der Waals surface area (Å²) in [5, 5.41) is 13.8. The molecule has 0 radical (unpaired) electrons. The second-order valence-electron chi connectivity index (χ2n) is 5.13. The quantitative estimate of drug-likeness (QED) is 0.494. The van der Waals surface area contributed by atoms with Crippen LogP contribution in [0.2, 0.25) is 10.0 Å². The average Bonchev–Trinajstić information content (AvgIpc) is 2.59. The lowest BCUT2D eigenvalue weighted by Gasteiger charge is -2.13. The Morgan fingerprint density at radius 3 is 2.69 bits per heavy atom. The van der Waals surface area contributed by atoms with Crippen molar-refractivity contribution in [3.63, 3.8) is 0 Å². The first kappa shape index (κ1) is 19.9. The maximum absolute atomic E-state index is 10.7. The topological polar surface area (TPSA) is 80.1 Å². The van der Waals surface area contributed by atoms with Crippen LogP contribution in [0.3, 0.4) is 0 Å². The Hall–Kier alpha value is -2.44. The molecule has 0 spiro atoms. The molecule has 0 heterocycles. The van der Waals surface area contributed by atoms with Crippen LogP contribution in [0.1, 0.15) is 18.1 Å². The normalized spacial score (nSPS) is 10.7. The summed E-state index contributed by atoms with van der Waals surface area (Å²) in [6.07, 6.45) is 1.58. The van der Waals surface area contributed by atoms with Gasteiger partial charge < -0.3 is 20.0 Å². The maximum atomic E-state index is 10.7. The minimum absolute atomic E-state index is 0.192. The van der Waals surface area contributed by atoms with E-state index in [1.165, 1.54) is 0 Å². The highest BCUT2D eigenvalue weighted by atomic mass is 35.5. The number of hydrogen-bond donors (Lipinski definition) is 2. The molecule has 0 saturated carbocycles. The summed E-state index contributed by atoms with van der Waals surface area (Å²) in [6, 6.07) is 10.8. The Labute approximate surface area is 161 Å². The summed E-state index contributed by atoms with van der Waals surface area (Å²) in [7, 11) is 0. The fourth-order valence-corrected chi connectivity index (χ4v) is 2.57. The fourth-order valence-electron chi connectivity index (χ4n) is 2.09. The van der Waals surface area contributed by atoms with Gasteiger partial charge in [-0.3, -0.25) is 0 Å². The molecule has 2 aromatic carbocycles. The predicted octanol–water partition coefficient (Wildman–Crippen LogP) is 3.98. The summed E-state index contributed by atoms with van der Waals surface area (Å²) in [5.74, 6) is -0.552. The monoisotopic (exact) mass is 396 g/mol. The van der Waals surface area contributed by atoms with Crippen molar-refractivity contribution in [3.8, 4) is 11.5 Å². The maximum Gasteiger partial charge on any atom is 0.341 e. The summed E-state index contributed by atoms with van der Waals surface area (Å²) >= 11 is 12.3. The first-order valence-corrected chi connectivity index (χ1v) is 8.57. The highest BCUT2D eigenvalue weighted by molar-refractivity contribution is 6.32. The van der Waals surface area contributed by atoms with Gasteiger partial charge in [-0.25, -0.2) is 4.79 Å². The molecule has 0 saturated heterocycles. The molecule has 0 aliphatic rings. The third-order valence-corrected chi connectivity index (χ3v) is 3.85. The first-order valence-electron chi connectivity index (χ1n) is 7.81. The summed E-state index contributed by atoms with van der Waals surface area (Å²) in [5.41, 5.74) is 4.51. The number of aliphatic carboxylic acids is 1. The molecule has 0 bridgehead atoms. The third-order valence-electron chi connectivity index (χ3n) is 3.20. The summed E-state index contributed by atoms with van der Waals surface area (Å²) in [6.45, 7) is 2.15. The second-order valence-corrected chi connectivity index (χ2v) is 5.94. The van der Waals surface area contributed by atoms with Crippen LogP contribution in [0.4, 0.5) is 0 Å². The van der Waals surface area contributed by atoms with E-state index in [9.17, 15) is 4.79 Å².